The molecule has 1 rings (SSSR count). The summed E-state index contributed by atoms with van der Waals surface area (Å²) in [4.78, 5) is 0. The molecule has 0 amide bonds. The average Bonchev–Trinajstić information content (AvgIpc) is 2.36. The van der Waals surface area contributed by atoms with E-state index < -0.39 is 0 Å². The van der Waals surface area contributed by atoms with E-state index in [4.69, 9.17) is 9.47 Å². The quantitative estimate of drug-likeness (QED) is 0.792. The van der Waals surface area contributed by atoms with Crippen LogP contribution in [0.2, 0.25) is 0 Å². The zero-order chi connectivity index (χ0) is 12.7. The molecular formula is C14H22O3. The summed E-state index contributed by atoms with van der Waals surface area (Å²) >= 11 is 0. The summed E-state index contributed by atoms with van der Waals surface area (Å²) in [5.74, 6) is 1.09. The molecule has 0 bridgehead atoms. The first-order valence-electron chi connectivity index (χ1n) is 5.97. The summed E-state index contributed by atoms with van der Waals surface area (Å²) in [5.41, 5.74) is 1.13. The normalized spacial score (nSPS) is 14.4. The van der Waals surface area contributed by atoms with Crippen LogP contribution in [0.25, 0.3) is 0 Å². The second-order valence-corrected chi connectivity index (χ2v) is 4.38. The highest BCUT2D eigenvalue weighted by atomic mass is 16.5. The molecule has 3 nitrogen and oxygen atoms in total. The van der Waals surface area contributed by atoms with Crippen LogP contribution in [0.4, 0.5) is 0 Å². The number of hydrogen-bond acceptors (Lipinski definition) is 3. The molecule has 1 aromatic rings. The Hall–Kier alpha value is -1.06. The predicted molar refractivity (Wildman–Crippen MR) is 68.4 cm³/mol. The lowest BCUT2D eigenvalue weighted by Gasteiger charge is -2.18. The fourth-order valence-electron chi connectivity index (χ4n) is 1.70. The van der Waals surface area contributed by atoms with Crippen molar-refractivity contribution in [2.45, 2.75) is 25.9 Å². The van der Waals surface area contributed by atoms with Gasteiger partial charge in [0.2, 0.25) is 0 Å². The van der Waals surface area contributed by atoms with Gasteiger partial charge < -0.3 is 14.6 Å². The topological polar surface area (TPSA) is 38.7 Å². The molecule has 3 heteroatoms. The van der Waals surface area contributed by atoms with Crippen LogP contribution in [0.15, 0.2) is 24.3 Å². The Labute approximate surface area is 103 Å². The van der Waals surface area contributed by atoms with E-state index in [0.717, 1.165) is 17.7 Å². The zero-order valence-corrected chi connectivity index (χ0v) is 10.8. The summed E-state index contributed by atoms with van der Waals surface area (Å²) < 4.78 is 10.1. The Bertz CT molecular complexity index is 308. The fraction of sp³-hybridized carbons (Fsp3) is 0.571. The van der Waals surface area contributed by atoms with E-state index in [1.165, 1.54) is 0 Å². The van der Waals surface area contributed by atoms with Crippen LogP contribution in [0.3, 0.4) is 0 Å². The summed E-state index contributed by atoms with van der Waals surface area (Å²) in [7, 11) is 3.33. The molecule has 0 fully saturated rings. The second kappa shape index (κ2) is 7.30. The third kappa shape index (κ3) is 4.75. The molecule has 0 heterocycles. The van der Waals surface area contributed by atoms with Crippen LogP contribution in [0.1, 0.15) is 18.9 Å². The lowest BCUT2D eigenvalue weighted by atomic mass is 9.95. The van der Waals surface area contributed by atoms with Gasteiger partial charge in [-0.05, 0) is 36.5 Å². The SMILES string of the molecule is COCCC(C)C(O)Cc1ccc(OC)cc1. The van der Waals surface area contributed by atoms with Gasteiger partial charge in [0, 0.05) is 13.7 Å². The van der Waals surface area contributed by atoms with Crippen molar-refractivity contribution < 1.29 is 14.6 Å². The number of methoxy groups -OCH3 is 2. The minimum absolute atomic E-state index is 0.247. The van der Waals surface area contributed by atoms with E-state index >= 15 is 0 Å². The molecule has 0 spiro atoms. The molecule has 2 atom stereocenters. The largest absolute Gasteiger partial charge is 0.497 e. The monoisotopic (exact) mass is 238 g/mol. The van der Waals surface area contributed by atoms with Crippen molar-refractivity contribution in [3.05, 3.63) is 29.8 Å². The first kappa shape index (κ1) is 14.0. The number of aliphatic hydroxyl groups excluding tert-OH is 1. The molecule has 0 aliphatic carbocycles. The van der Waals surface area contributed by atoms with Gasteiger partial charge in [-0.1, -0.05) is 19.1 Å². The minimum Gasteiger partial charge on any atom is -0.497 e. The van der Waals surface area contributed by atoms with Crippen LogP contribution in [-0.4, -0.2) is 32.0 Å². The molecular weight excluding hydrogens is 216 g/mol. The van der Waals surface area contributed by atoms with Gasteiger partial charge in [-0.3, -0.25) is 0 Å². The van der Waals surface area contributed by atoms with Crippen molar-refractivity contribution in [2.75, 3.05) is 20.8 Å². The summed E-state index contributed by atoms with van der Waals surface area (Å²) in [6.45, 7) is 2.74. The molecule has 1 N–H and O–H groups in total. The molecule has 0 saturated carbocycles. The molecule has 96 valence electrons. The Kier molecular flexibility index (Phi) is 6.01. The van der Waals surface area contributed by atoms with Gasteiger partial charge in [-0.25, -0.2) is 0 Å². The van der Waals surface area contributed by atoms with Gasteiger partial charge in [-0.2, -0.15) is 0 Å². The molecule has 0 aliphatic heterocycles. The number of ether oxygens (including phenoxy) is 2. The van der Waals surface area contributed by atoms with Crippen molar-refractivity contribution in [3.8, 4) is 5.75 Å². The maximum Gasteiger partial charge on any atom is 0.118 e. The molecule has 17 heavy (non-hydrogen) atoms. The van der Waals surface area contributed by atoms with Crippen LogP contribution in [-0.2, 0) is 11.2 Å². The highest BCUT2D eigenvalue weighted by molar-refractivity contribution is 5.27. The molecule has 0 radical (unpaired) electrons. The second-order valence-electron chi connectivity index (χ2n) is 4.38. The third-order valence-electron chi connectivity index (χ3n) is 3.04. The Morgan fingerprint density at radius 3 is 2.35 bits per heavy atom. The zero-order valence-electron chi connectivity index (χ0n) is 10.8. The Morgan fingerprint density at radius 2 is 1.82 bits per heavy atom. The minimum atomic E-state index is -0.321. The van der Waals surface area contributed by atoms with Crippen LogP contribution in [0, 0.1) is 5.92 Å². The van der Waals surface area contributed by atoms with Gasteiger partial charge in [0.1, 0.15) is 5.75 Å². The maximum atomic E-state index is 10.0. The van der Waals surface area contributed by atoms with Crippen molar-refractivity contribution in [1.29, 1.82) is 0 Å². The summed E-state index contributed by atoms with van der Waals surface area (Å²) in [6, 6.07) is 7.82. The first-order chi connectivity index (χ1) is 8.17. The number of aliphatic hydroxyl groups is 1. The lowest BCUT2D eigenvalue weighted by molar-refractivity contribution is 0.0887. The molecule has 0 aliphatic rings. The summed E-state index contributed by atoms with van der Waals surface area (Å²) in [6.07, 6.45) is 1.24. The molecule has 0 saturated heterocycles. The van der Waals surface area contributed by atoms with E-state index in [9.17, 15) is 5.11 Å². The molecule has 0 aromatic heterocycles. The van der Waals surface area contributed by atoms with Crippen molar-refractivity contribution in [1.82, 2.24) is 0 Å². The number of hydrogen-bond donors (Lipinski definition) is 1. The van der Waals surface area contributed by atoms with E-state index in [2.05, 4.69) is 0 Å². The third-order valence-corrected chi connectivity index (χ3v) is 3.04. The fourth-order valence-corrected chi connectivity index (χ4v) is 1.70. The van der Waals surface area contributed by atoms with E-state index in [-0.39, 0.29) is 12.0 Å². The average molecular weight is 238 g/mol. The lowest BCUT2D eigenvalue weighted by Crippen LogP contribution is -2.21. The van der Waals surface area contributed by atoms with Crippen LogP contribution < -0.4 is 4.74 Å². The number of benzene rings is 1. The standard InChI is InChI=1S/C14H22O3/c1-11(8-9-16-2)14(15)10-12-4-6-13(17-3)7-5-12/h4-7,11,14-15H,8-10H2,1-3H3. The van der Waals surface area contributed by atoms with Gasteiger partial charge in [-0.15, -0.1) is 0 Å². The summed E-state index contributed by atoms with van der Waals surface area (Å²) in [5, 5.41) is 10.0. The van der Waals surface area contributed by atoms with Crippen molar-refractivity contribution in [3.63, 3.8) is 0 Å². The van der Waals surface area contributed by atoms with Crippen molar-refractivity contribution in [2.24, 2.45) is 5.92 Å². The van der Waals surface area contributed by atoms with Gasteiger partial charge in [0.25, 0.3) is 0 Å². The predicted octanol–water partition coefficient (Wildman–Crippen LogP) is 2.27. The Morgan fingerprint density at radius 1 is 1.18 bits per heavy atom. The Balaban J connectivity index is 2.46. The molecule has 1 aromatic carbocycles. The first-order valence-corrected chi connectivity index (χ1v) is 5.97. The smallest absolute Gasteiger partial charge is 0.118 e. The number of rotatable bonds is 7. The molecule has 2 unspecified atom stereocenters. The highest BCUT2D eigenvalue weighted by Gasteiger charge is 2.14. The van der Waals surface area contributed by atoms with Crippen LogP contribution >= 0.6 is 0 Å². The maximum absolute atomic E-state index is 10.0. The highest BCUT2D eigenvalue weighted by Crippen LogP contribution is 2.16. The van der Waals surface area contributed by atoms with Gasteiger partial charge in [0.05, 0.1) is 13.2 Å². The van der Waals surface area contributed by atoms with Gasteiger partial charge in [0.15, 0.2) is 0 Å². The van der Waals surface area contributed by atoms with E-state index in [0.29, 0.717) is 13.0 Å². The van der Waals surface area contributed by atoms with E-state index in [1.807, 2.05) is 31.2 Å². The van der Waals surface area contributed by atoms with Crippen molar-refractivity contribution >= 4 is 0 Å². The van der Waals surface area contributed by atoms with E-state index in [1.54, 1.807) is 14.2 Å². The van der Waals surface area contributed by atoms with Crippen LogP contribution in [0.5, 0.6) is 5.75 Å². The van der Waals surface area contributed by atoms with Gasteiger partial charge >= 0.3 is 0 Å².